The maximum atomic E-state index is 11.3. The number of anilines is 1. The lowest BCUT2D eigenvalue weighted by Gasteiger charge is -2.08. The normalized spacial score (nSPS) is 19.9. The van der Waals surface area contributed by atoms with Gasteiger partial charge in [-0.2, -0.15) is 0 Å². The van der Waals surface area contributed by atoms with Crippen molar-refractivity contribution in [3.63, 3.8) is 0 Å². The van der Waals surface area contributed by atoms with E-state index >= 15 is 0 Å². The van der Waals surface area contributed by atoms with Crippen molar-refractivity contribution in [2.75, 3.05) is 17.7 Å². The summed E-state index contributed by atoms with van der Waals surface area (Å²) in [6.07, 6.45) is -0.731. The number of nitrogens with one attached hydrogen (secondary N) is 1. The van der Waals surface area contributed by atoms with Crippen molar-refractivity contribution in [3.8, 4) is 0 Å². The molecule has 0 aliphatic carbocycles. The monoisotopic (exact) mass is 254 g/mol. The van der Waals surface area contributed by atoms with Crippen molar-refractivity contribution in [2.24, 2.45) is 5.73 Å². The molecule has 0 bridgehead atoms. The van der Waals surface area contributed by atoms with E-state index in [0.29, 0.717) is 5.75 Å². The van der Waals surface area contributed by atoms with Gasteiger partial charge in [0.15, 0.2) is 0 Å². The number of aliphatic hydroxyl groups is 2. The Morgan fingerprint density at radius 1 is 1.53 bits per heavy atom. The highest BCUT2D eigenvalue weighted by atomic mass is 32.2. The minimum Gasteiger partial charge on any atom is -0.394 e. The van der Waals surface area contributed by atoms with Crippen LogP contribution in [0.4, 0.5) is 5.69 Å². The molecule has 6 heteroatoms. The van der Waals surface area contributed by atoms with Crippen molar-refractivity contribution in [3.05, 3.63) is 23.8 Å². The van der Waals surface area contributed by atoms with Gasteiger partial charge in [-0.05, 0) is 12.1 Å². The summed E-state index contributed by atoms with van der Waals surface area (Å²) in [5.41, 5.74) is 7.21. The molecule has 0 aromatic heterocycles. The molecule has 5 N–H and O–H groups in total. The van der Waals surface area contributed by atoms with E-state index in [9.17, 15) is 9.90 Å². The van der Waals surface area contributed by atoms with Gasteiger partial charge >= 0.3 is 0 Å². The van der Waals surface area contributed by atoms with E-state index in [4.69, 9.17) is 10.8 Å². The number of benzene rings is 1. The molecule has 2 atom stereocenters. The van der Waals surface area contributed by atoms with Crippen LogP contribution < -0.4 is 11.1 Å². The molecular formula is C11H14N2O3S. The van der Waals surface area contributed by atoms with E-state index < -0.39 is 12.1 Å². The number of amides is 1. The van der Waals surface area contributed by atoms with Crippen molar-refractivity contribution >= 4 is 23.4 Å². The van der Waals surface area contributed by atoms with E-state index in [1.165, 1.54) is 11.8 Å². The van der Waals surface area contributed by atoms with Crippen LogP contribution in [0.15, 0.2) is 23.1 Å². The fourth-order valence-corrected chi connectivity index (χ4v) is 2.46. The highest BCUT2D eigenvalue weighted by molar-refractivity contribution is 7.99. The van der Waals surface area contributed by atoms with Gasteiger partial charge < -0.3 is 21.3 Å². The number of rotatable bonds is 4. The minimum atomic E-state index is -0.731. The summed E-state index contributed by atoms with van der Waals surface area (Å²) in [6.45, 7) is -0.250. The fourth-order valence-electron chi connectivity index (χ4n) is 1.60. The van der Waals surface area contributed by atoms with E-state index in [0.717, 1.165) is 16.1 Å². The van der Waals surface area contributed by atoms with Gasteiger partial charge in [-0.25, -0.2) is 0 Å². The van der Waals surface area contributed by atoms with Crippen LogP contribution in [-0.4, -0.2) is 34.6 Å². The third-order valence-corrected chi connectivity index (χ3v) is 3.69. The number of hydrogen-bond acceptors (Lipinski definition) is 5. The summed E-state index contributed by atoms with van der Waals surface area (Å²) in [4.78, 5) is 12.3. The molecule has 1 amide bonds. The quantitative estimate of drug-likeness (QED) is 0.571. The molecule has 1 heterocycles. The number of aliphatic hydroxyl groups excluding tert-OH is 2. The first-order valence-corrected chi connectivity index (χ1v) is 6.22. The minimum absolute atomic E-state index is 0.197. The molecule has 1 aliphatic heterocycles. The lowest BCUT2D eigenvalue weighted by atomic mass is 10.1. The number of carbonyl (C=O) groups excluding carboxylic acids is 1. The van der Waals surface area contributed by atoms with Crippen LogP contribution in [0.25, 0.3) is 0 Å². The Hall–Kier alpha value is -1.08. The summed E-state index contributed by atoms with van der Waals surface area (Å²) < 4.78 is 0. The lowest BCUT2D eigenvalue weighted by molar-refractivity contribution is -0.116. The van der Waals surface area contributed by atoms with E-state index in [-0.39, 0.29) is 12.5 Å². The van der Waals surface area contributed by atoms with Gasteiger partial charge in [0.1, 0.15) is 6.04 Å². The average Bonchev–Trinajstić information content (AvgIpc) is 2.62. The van der Waals surface area contributed by atoms with Gasteiger partial charge in [-0.3, -0.25) is 4.79 Å². The number of thioether (sulfide) groups is 1. The highest BCUT2D eigenvalue weighted by Gasteiger charge is 2.26. The zero-order valence-electron chi connectivity index (χ0n) is 9.09. The second-order valence-electron chi connectivity index (χ2n) is 3.86. The number of hydrogen-bond donors (Lipinski definition) is 4. The van der Waals surface area contributed by atoms with Gasteiger partial charge in [-0.1, -0.05) is 6.07 Å². The summed E-state index contributed by atoms with van der Waals surface area (Å²) in [7, 11) is 0. The molecule has 2 unspecified atom stereocenters. The Balaban J connectivity index is 2.08. The summed E-state index contributed by atoms with van der Waals surface area (Å²) in [5.74, 6) is 0.215. The molecule has 0 saturated carbocycles. The Morgan fingerprint density at radius 2 is 2.29 bits per heavy atom. The average molecular weight is 254 g/mol. The van der Waals surface area contributed by atoms with Crippen molar-refractivity contribution < 1.29 is 15.0 Å². The van der Waals surface area contributed by atoms with Gasteiger partial charge in [0.25, 0.3) is 0 Å². The second kappa shape index (κ2) is 5.05. The molecule has 1 aromatic rings. The van der Waals surface area contributed by atoms with Gasteiger partial charge in [0, 0.05) is 21.9 Å². The van der Waals surface area contributed by atoms with Crippen LogP contribution in [0.5, 0.6) is 0 Å². The summed E-state index contributed by atoms with van der Waals surface area (Å²) >= 11 is 1.42. The predicted molar refractivity (Wildman–Crippen MR) is 65.8 cm³/mol. The first-order chi connectivity index (χ1) is 8.11. The smallest absolute Gasteiger partial charge is 0.245 e. The molecule has 2 rings (SSSR count). The Morgan fingerprint density at radius 3 is 3.00 bits per heavy atom. The van der Waals surface area contributed by atoms with Crippen LogP contribution in [0.1, 0.15) is 11.6 Å². The van der Waals surface area contributed by atoms with Crippen molar-refractivity contribution in [2.45, 2.75) is 17.0 Å². The van der Waals surface area contributed by atoms with Gasteiger partial charge in [-0.15, -0.1) is 11.8 Å². The maximum Gasteiger partial charge on any atom is 0.245 e. The second-order valence-corrected chi connectivity index (χ2v) is 4.96. The molecule has 5 nitrogen and oxygen atoms in total. The predicted octanol–water partition coefficient (Wildman–Crippen LogP) is 0.0838. The van der Waals surface area contributed by atoms with E-state index in [2.05, 4.69) is 5.32 Å². The molecule has 1 aliphatic rings. The van der Waals surface area contributed by atoms with Crippen LogP contribution in [0, 0.1) is 0 Å². The third kappa shape index (κ3) is 2.61. The Bertz CT molecular complexity index is 439. The Labute approximate surface area is 103 Å². The zero-order valence-corrected chi connectivity index (χ0v) is 9.91. The highest BCUT2D eigenvalue weighted by Crippen LogP contribution is 2.33. The number of nitrogens with two attached hydrogens (primary N) is 1. The van der Waals surface area contributed by atoms with Crippen LogP contribution in [-0.2, 0) is 4.79 Å². The largest absolute Gasteiger partial charge is 0.394 e. The molecule has 17 heavy (non-hydrogen) atoms. The maximum absolute atomic E-state index is 11.3. The van der Waals surface area contributed by atoms with Crippen molar-refractivity contribution in [1.82, 2.24) is 0 Å². The topological polar surface area (TPSA) is 95.6 Å². The molecule has 0 fully saturated rings. The van der Waals surface area contributed by atoms with Crippen LogP contribution in [0.2, 0.25) is 0 Å². The molecule has 0 radical (unpaired) electrons. The first kappa shape index (κ1) is 12.4. The van der Waals surface area contributed by atoms with Crippen LogP contribution >= 0.6 is 11.8 Å². The van der Waals surface area contributed by atoms with Crippen LogP contribution in [0.3, 0.4) is 0 Å². The third-order valence-electron chi connectivity index (χ3n) is 2.55. The van der Waals surface area contributed by atoms with E-state index in [1.807, 2.05) is 18.2 Å². The molecule has 92 valence electrons. The SMILES string of the molecule is NC1C(=O)Nc2cc(SCC(O)CO)ccc21. The van der Waals surface area contributed by atoms with Gasteiger partial charge in [0.05, 0.1) is 12.7 Å². The summed E-state index contributed by atoms with van der Waals surface area (Å²) in [5, 5.41) is 20.6. The molecule has 0 spiro atoms. The molecule has 1 aromatic carbocycles. The van der Waals surface area contributed by atoms with E-state index in [1.54, 1.807) is 0 Å². The lowest BCUT2D eigenvalue weighted by Crippen LogP contribution is -2.19. The zero-order chi connectivity index (χ0) is 12.4. The fraction of sp³-hybridized carbons (Fsp3) is 0.364. The number of fused-ring (bicyclic) bond motifs is 1. The summed E-state index contributed by atoms with van der Waals surface area (Å²) in [6, 6.07) is 4.90. The molecule has 0 saturated heterocycles. The standard InChI is InChI=1S/C11H14N2O3S/c12-10-8-2-1-7(17-5-6(15)4-14)3-9(8)13-11(10)16/h1-3,6,10,14-15H,4-5,12H2,(H,13,16). The molecular weight excluding hydrogens is 240 g/mol. The van der Waals surface area contributed by atoms with Crippen molar-refractivity contribution in [1.29, 1.82) is 0 Å². The Kier molecular flexibility index (Phi) is 3.68. The number of carbonyl (C=O) groups is 1. The first-order valence-electron chi connectivity index (χ1n) is 5.24. The van der Waals surface area contributed by atoms with Gasteiger partial charge in [0.2, 0.25) is 5.91 Å².